The lowest BCUT2D eigenvalue weighted by atomic mass is 9.79. The van der Waals surface area contributed by atoms with Crippen molar-refractivity contribution in [1.29, 1.82) is 0 Å². The van der Waals surface area contributed by atoms with Crippen LogP contribution in [0.15, 0.2) is 0 Å². The Labute approximate surface area is 94.6 Å². The molecule has 1 heterocycles. The van der Waals surface area contributed by atoms with Gasteiger partial charge in [0.2, 0.25) is 0 Å². The second-order valence-corrected chi connectivity index (χ2v) is 6.94. The van der Waals surface area contributed by atoms with Gasteiger partial charge in [-0.05, 0) is 49.4 Å². The second-order valence-electron chi connectivity index (χ2n) is 6.94. The molecule has 0 aromatic rings. The Hall–Kier alpha value is -0.0400. The maximum atomic E-state index is 6.17. The van der Waals surface area contributed by atoms with Crippen LogP contribution in [0.5, 0.6) is 0 Å². The van der Waals surface area contributed by atoms with Gasteiger partial charge in [-0.2, -0.15) is 0 Å². The monoisotopic (exact) mass is 210 g/mol. The summed E-state index contributed by atoms with van der Waals surface area (Å²) in [5, 5.41) is 0. The molecule has 2 aliphatic rings. The maximum absolute atomic E-state index is 6.17. The normalized spacial score (nSPS) is 45.8. The lowest BCUT2D eigenvalue weighted by Crippen LogP contribution is -2.26. The first-order valence-corrected chi connectivity index (χ1v) is 6.54. The summed E-state index contributed by atoms with van der Waals surface area (Å²) in [7, 11) is 0. The molecule has 1 aliphatic carbocycles. The van der Waals surface area contributed by atoms with E-state index in [1.54, 1.807) is 0 Å². The van der Waals surface area contributed by atoms with Gasteiger partial charge in [0.25, 0.3) is 0 Å². The van der Waals surface area contributed by atoms with E-state index in [9.17, 15) is 0 Å². The van der Waals surface area contributed by atoms with Crippen molar-refractivity contribution in [3.8, 4) is 0 Å². The molecule has 1 saturated heterocycles. The third-order valence-electron chi connectivity index (χ3n) is 4.34. The molecule has 1 saturated carbocycles. The fraction of sp³-hybridized carbons (Fsp3) is 1.00. The molecule has 0 spiro atoms. The number of fused-ring (bicyclic) bond motifs is 1. The van der Waals surface area contributed by atoms with E-state index in [-0.39, 0.29) is 0 Å². The summed E-state index contributed by atoms with van der Waals surface area (Å²) < 4.78 is 6.17. The summed E-state index contributed by atoms with van der Waals surface area (Å²) in [5.74, 6) is 2.58. The van der Waals surface area contributed by atoms with Gasteiger partial charge in [0.15, 0.2) is 0 Å². The molecule has 2 fully saturated rings. The zero-order chi connectivity index (χ0) is 11.2. The Morgan fingerprint density at radius 3 is 2.40 bits per heavy atom. The molecule has 0 amide bonds. The van der Waals surface area contributed by atoms with E-state index in [1.165, 1.54) is 19.3 Å². The van der Waals surface area contributed by atoms with Crippen molar-refractivity contribution in [2.24, 2.45) is 23.2 Å². The van der Waals surface area contributed by atoms with Crippen LogP contribution < -0.4 is 0 Å². The van der Waals surface area contributed by atoms with Crippen LogP contribution in [0.25, 0.3) is 0 Å². The molecular weight excluding hydrogens is 184 g/mol. The molecule has 5 atom stereocenters. The third-order valence-corrected chi connectivity index (χ3v) is 4.34. The number of hydrogen-bond donors (Lipinski definition) is 0. The topological polar surface area (TPSA) is 9.23 Å². The van der Waals surface area contributed by atoms with Crippen molar-refractivity contribution < 1.29 is 4.74 Å². The summed E-state index contributed by atoms with van der Waals surface area (Å²) in [6.07, 6.45) is 5.08. The van der Waals surface area contributed by atoms with Gasteiger partial charge < -0.3 is 4.74 Å². The molecule has 2 rings (SSSR count). The van der Waals surface area contributed by atoms with E-state index in [0.29, 0.717) is 17.6 Å². The Bertz CT molecular complexity index is 228. The third kappa shape index (κ3) is 2.22. The quantitative estimate of drug-likeness (QED) is 0.638. The largest absolute Gasteiger partial charge is 0.375 e. The molecule has 0 N–H and O–H groups in total. The van der Waals surface area contributed by atoms with Crippen molar-refractivity contribution in [3.05, 3.63) is 0 Å². The van der Waals surface area contributed by atoms with E-state index < -0.39 is 0 Å². The van der Waals surface area contributed by atoms with Crippen LogP contribution in [0.1, 0.15) is 53.9 Å². The lowest BCUT2D eigenvalue weighted by Gasteiger charge is -2.28. The zero-order valence-corrected chi connectivity index (χ0v) is 10.9. The van der Waals surface area contributed by atoms with Crippen LogP contribution in [0, 0.1) is 23.2 Å². The molecular formula is C14H26O. The molecule has 0 aromatic heterocycles. The molecule has 5 unspecified atom stereocenters. The highest BCUT2D eigenvalue weighted by atomic mass is 16.5. The molecule has 15 heavy (non-hydrogen) atoms. The standard InChI is InChI=1S/C14H26O/c1-9-6-7-11-10(2)15-12(13(9)11)8-14(3,4)5/h9-13H,6-8H2,1-5H3. The van der Waals surface area contributed by atoms with Crippen molar-refractivity contribution in [2.45, 2.75) is 66.1 Å². The smallest absolute Gasteiger partial charge is 0.0618 e. The summed E-state index contributed by atoms with van der Waals surface area (Å²) in [6.45, 7) is 11.7. The Kier molecular flexibility index (Phi) is 2.87. The van der Waals surface area contributed by atoms with Gasteiger partial charge in [0.05, 0.1) is 12.2 Å². The van der Waals surface area contributed by atoms with Gasteiger partial charge in [-0.15, -0.1) is 0 Å². The van der Waals surface area contributed by atoms with Crippen molar-refractivity contribution in [1.82, 2.24) is 0 Å². The summed E-state index contributed by atoms with van der Waals surface area (Å²) in [5.41, 5.74) is 0.404. The summed E-state index contributed by atoms with van der Waals surface area (Å²) in [4.78, 5) is 0. The van der Waals surface area contributed by atoms with Crippen LogP contribution >= 0.6 is 0 Å². The minimum Gasteiger partial charge on any atom is -0.375 e. The molecule has 1 aliphatic heterocycles. The van der Waals surface area contributed by atoms with Crippen LogP contribution in [-0.4, -0.2) is 12.2 Å². The van der Waals surface area contributed by atoms with Crippen LogP contribution in [0.3, 0.4) is 0 Å². The highest BCUT2D eigenvalue weighted by molar-refractivity contribution is 4.96. The highest BCUT2D eigenvalue weighted by Gasteiger charge is 2.48. The van der Waals surface area contributed by atoms with Crippen LogP contribution in [0.4, 0.5) is 0 Å². The lowest BCUT2D eigenvalue weighted by molar-refractivity contribution is 0.00546. The summed E-state index contributed by atoms with van der Waals surface area (Å²) in [6, 6.07) is 0. The van der Waals surface area contributed by atoms with Crippen molar-refractivity contribution in [2.75, 3.05) is 0 Å². The van der Waals surface area contributed by atoms with Crippen molar-refractivity contribution >= 4 is 0 Å². The van der Waals surface area contributed by atoms with E-state index >= 15 is 0 Å². The predicted molar refractivity (Wildman–Crippen MR) is 63.8 cm³/mol. The average molecular weight is 210 g/mol. The molecule has 88 valence electrons. The minimum atomic E-state index is 0.404. The van der Waals surface area contributed by atoms with Gasteiger partial charge in [-0.3, -0.25) is 0 Å². The predicted octanol–water partition coefficient (Wildman–Crippen LogP) is 3.87. The molecule has 1 heteroatoms. The fourth-order valence-electron chi connectivity index (χ4n) is 3.71. The number of rotatable bonds is 1. The van der Waals surface area contributed by atoms with Crippen LogP contribution in [0.2, 0.25) is 0 Å². The van der Waals surface area contributed by atoms with Gasteiger partial charge in [-0.1, -0.05) is 27.7 Å². The first-order valence-electron chi connectivity index (χ1n) is 6.54. The van der Waals surface area contributed by atoms with E-state index in [1.807, 2.05) is 0 Å². The van der Waals surface area contributed by atoms with Crippen LogP contribution in [-0.2, 0) is 4.74 Å². The summed E-state index contributed by atoms with van der Waals surface area (Å²) >= 11 is 0. The zero-order valence-electron chi connectivity index (χ0n) is 10.9. The van der Waals surface area contributed by atoms with Gasteiger partial charge in [0.1, 0.15) is 0 Å². The molecule has 1 nitrogen and oxygen atoms in total. The van der Waals surface area contributed by atoms with Gasteiger partial charge >= 0.3 is 0 Å². The number of hydrogen-bond acceptors (Lipinski definition) is 1. The SMILES string of the molecule is CC1CCC2C(C)OC(CC(C)(C)C)C12. The van der Waals surface area contributed by atoms with Gasteiger partial charge in [0, 0.05) is 0 Å². The Balaban J connectivity index is 2.07. The fourth-order valence-corrected chi connectivity index (χ4v) is 3.71. The average Bonchev–Trinajstić information content (AvgIpc) is 2.54. The minimum absolute atomic E-state index is 0.404. The Morgan fingerprint density at radius 2 is 1.80 bits per heavy atom. The maximum Gasteiger partial charge on any atom is 0.0618 e. The number of ether oxygens (including phenoxy) is 1. The molecule has 0 aromatic carbocycles. The van der Waals surface area contributed by atoms with E-state index in [2.05, 4.69) is 34.6 Å². The van der Waals surface area contributed by atoms with E-state index in [0.717, 1.165) is 17.8 Å². The molecule has 0 bridgehead atoms. The highest BCUT2D eigenvalue weighted by Crippen LogP contribution is 2.50. The van der Waals surface area contributed by atoms with E-state index in [4.69, 9.17) is 4.74 Å². The molecule has 0 radical (unpaired) electrons. The Morgan fingerprint density at radius 1 is 1.13 bits per heavy atom. The first-order chi connectivity index (χ1) is 6.88. The van der Waals surface area contributed by atoms with Crippen molar-refractivity contribution in [3.63, 3.8) is 0 Å². The first kappa shape index (κ1) is 11.4. The van der Waals surface area contributed by atoms with Gasteiger partial charge in [-0.25, -0.2) is 0 Å². The second kappa shape index (κ2) is 3.76.